The van der Waals surface area contributed by atoms with Gasteiger partial charge in [0.05, 0.1) is 6.10 Å². The summed E-state index contributed by atoms with van der Waals surface area (Å²) in [5.41, 5.74) is 0. The molecule has 0 aliphatic rings. The predicted octanol–water partition coefficient (Wildman–Crippen LogP) is 1.97. The molecule has 1 unspecified atom stereocenters. The topological polar surface area (TPSA) is 35.5 Å². The van der Waals surface area contributed by atoms with Crippen LogP contribution in [0.4, 0.5) is 0 Å². The SMILES string of the molecule is CCCCC(CCC)OCCCC(=O)O[SiH3]. The van der Waals surface area contributed by atoms with E-state index in [0.29, 0.717) is 29.6 Å². The number of carbonyl (C=O) groups excluding carboxylic acids is 1. The van der Waals surface area contributed by atoms with Crippen molar-refractivity contribution in [3.8, 4) is 0 Å². The van der Waals surface area contributed by atoms with Gasteiger partial charge in [0.2, 0.25) is 10.5 Å². The summed E-state index contributed by atoms with van der Waals surface area (Å²) < 4.78 is 10.5. The van der Waals surface area contributed by atoms with E-state index < -0.39 is 0 Å². The van der Waals surface area contributed by atoms with Gasteiger partial charge in [0, 0.05) is 13.0 Å². The van der Waals surface area contributed by atoms with Gasteiger partial charge in [-0.2, -0.15) is 0 Å². The molecule has 16 heavy (non-hydrogen) atoms. The van der Waals surface area contributed by atoms with Gasteiger partial charge in [0.25, 0.3) is 5.97 Å². The maximum Gasteiger partial charge on any atom is 0.291 e. The summed E-state index contributed by atoms with van der Waals surface area (Å²) in [5.74, 6) is -0.0872. The van der Waals surface area contributed by atoms with E-state index >= 15 is 0 Å². The first-order valence-corrected chi connectivity index (χ1v) is 7.24. The molecule has 0 bridgehead atoms. The highest BCUT2D eigenvalue weighted by Gasteiger charge is 2.07. The van der Waals surface area contributed by atoms with Crippen LogP contribution in [0.1, 0.15) is 58.8 Å². The van der Waals surface area contributed by atoms with Gasteiger partial charge >= 0.3 is 0 Å². The van der Waals surface area contributed by atoms with Crippen LogP contribution in [0, 0.1) is 0 Å². The minimum absolute atomic E-state index is 0.0872. The van der Waals surface area contributed by atoms with Crippen molar-refractivity contribution in [2.45, 2.75) is 64.9 Å². The van der Waals surface area contributed by atoms with Gasteiger partial charge in [0.1, 0.15) is 0 Å². The van der Waals surface area contributed by atoms with Crippen molar-refractivity contribution in [3.63, 3.8) is 0 Å². The minimum atomic E-state index is -0.0872. The monoisotopic (exact) mass is 246 g/mol. The summed E-state index contributed by atoms with van der Waals surface area (Å²) in [6.07, 6.45) is 7.56. The average Bonchev–Trinajstić information content (AvgIpc) is 2.30. The highest BCUT2D eigenvalue weighted by atomic mass is 28.2. The van der Waals surface area contributed by atoms with Crippen LogP contribution < -0.4 is 0 Å². The maximum absolute atomic E-state index is 10.9. The van der Waals surface area contributed by atoms with E-state index in [4.69, 9.17) is 9.16 Å². The molecule has 0 radical (unpaired) electrons. The molecule has 0 aromatic rings. The van der Waals surface area contributed by atoms with Crippen molar-refractivity contribution >= 4 is 16.5 Å². The molecule has 0 aromatic carbocycles. The molecule has 0 aliphatic heterocycles. The number of hydrogen-bond acceptors (Lipinski definition) is 3. The van der Waals surface area contributed by atoms with Crippen molar-refractivity contribution in [1.82, 2.24) is 0 Å². The van der Waals surface area contributed by atoms with Crippen molar-refractivity contribution in [3.05, 3.63) is 0 Å². The number of unbranched alkanes of at least 4 members (excludes halogenated alkanes) is 1. The smallest absolute Gasteiger partial charge is 0.291 e. The second-order valence-corrected chi connectivity index (χ2v) is 4.51. The first-order valence-electron chi connectivity index (χ1n) is 6.43. The standard InChI is InChI=1S/C12H26O3Si/c1-3-5-8-11(7-4-2)14-10-6-9-12(13)15-16/h11H,3-10H2,1-2,16H3. The van der Waals surface area contributed by atoms with Crippen LogP contribution in [-0.4, -0.2) is 29.2 Å². The van der Waals surface area contributed by atoms with E-state index in [1.54, 1.807) is 0 Å². The van der Waals surface area contributed by atoms with Crippen molar-refractivity contribution < 1.29 is 14.0 Å². The molecule has 0 N–H and O–H groups in total. The first kappa shape index (κ1) is 15.6. The lowest BCUT2D eigenvalue weighted by atomic mass is 10.1. The molecule has 3 nitrogen and oxygen atoms in total. The largest absolute Gasteiger partial charge is 0.529 e. The van der Waals surface area contributed by atoms with Crippen LogP contribution in [0.25, 0.3) is 0 Å². The van der Waals surface area contributed by atoms with Crippen LogP contribution in [0.15, 0.2) is 0 Å². The average molecular weight is 246 g/mol. The molecule has 0 fully saturated rings. The van der Waals surface area contributed by atoms with E-state index in [1.165, 1.54) is 12.8 Å². The van der Waals surface area contributed by atoms with E-state index in [9.17, 15) is 4.79 Å². The summed E-state index contributed by atoms with van der Waals surface area (Å²) in [7, 11) is 0.500. The zero-order chi connectivity index (χ0) is 12.2. The molecule has 0 saturated carbocycles. The molecule has 0 spiro atoms. The van der Waals surface area contributed by atoms with E-state index in [2.05, 4.69) is 13.8 Å². The Morgan fingerprint density at radius 1 is 1.19 bits per heavy atom. The molecule has 0 aromatic heterocycles. The number of rotatable bonds is 10. The third kappa shape index (κ3) is 8.92. The fourth-order valence-electron chi connectivity index (χ4n) is 1.63. The molecule has 96 valence electrons. The lowest BCUT2D eigenvalue weighted by Crippen LogP contribution is -2.14. The van der Waals surface area contributed by atoms with Gasteiger partial charge in [-0.15, -0.1) is 0 Å². The number of hydrogen-bond donors (Lipinski definition) is 0. The summed E-state index contributed by atoms with van der Waals surface area (Å²) in [6.45, 7) is 5.07. The summed E-state index contributed by atoms with van der Waals surface area (Å²) in [6, 6.07) is 0. The Hall–Kier alpha value is -0.353. The molecular weight excluding hydrogens is 220 g/mol. The van der Waals surface area contributed by atoms with Crippen LogP contribution in [0.3, 0.4) is 0 Å². The molecule has 0 amide bonds. The zero-order valence-electron chi connectivity index (χ0n) is 11.0. The molecule has 1 atom stereocenters. The third-order valence-electron chi connectivity index (χ3n) is 2.60. The summed E-state index contributed by atoms with van der Waals surface area (Å²) in [4.78, 5) is 10.9. The zero-order valence-corrected chi connectivity index (χ0v) is 13.0. The van der Waals surface area contributed by atoms with Gasteiger partial charge < -0.3 is 9.16 Å². The van der Waals surface area contributed by atoms with Crippen LogP contribution in [0.5, 0.6) is 0 Å². The number of carbonyl (C=O) groups is 1. The quantitative estimate of drug-likeness (QED) is 0.437. The van der Waals surface area contributed by atoms with E-state index in [1.807, 2.05) is 0 Å². The van der Waals surface area contributed by atoms with Crippen molar-refractivity contribution in [2.75, 3.05) is 6.61 Å². The maximum atomic E-state index is 10.9. The number of ether oxygens (including phenoxy) is 1. The fraction of sp³-hybridized carbons (Fsp3) is 0.917. The Kier molecular flexibility index (Phi) is 10.9. The van der Waals surface area contributed by atoms with Gasteiger partial charge in [-0.05, 0) is 19.3 Å². The second-order valence-electron chi connectivity index (χ2n) is 4.10. The Balaban J connectivity index is 3.54. The Bertz CT molecular complexity index is 174. The molecule has 0 rings (SSSR count). The van der Waals surface area contributed by atoms with Crippen molar-refractivity contribution in [1.29, 1.82) is 0 Å². The lowest BCUT2D eigenvalue weighted by Gasteiger charge is -2.16. The van der Waals surface area contributed by atoms with Gasteiger partial charge in [0.15, 0.2) is 0 Å². The highest BCUT2D eigenvalue weighted by molar-refractivity contribution is 6.05. The Morgan fingerprint density at radius 3 is 2.50 bits per heavy atom. The molecule has 0 aliphatic carbocycles. The normalized spacial score (nSPS) is 12.6. The lowest BCUT2D eigenvalue weighted by molar-refractivity contribution is -0.134. The summed E-state index contributed by atoms with van der Waals surface area (Å²) >= 11 is 0. The van der Waals surface area contributed by atoms with Gasteiger partial charge in [-0.25, -0.2) is 0 Å². The van der Waals surface area contributed by atoms with Crippen molar-refractivity contribution in [2.24, 2.45) is 0 Å². The molecular formula is C12H26O3Si. The van der Waals surface area contributed by atoms with Gasteiger partial charge in [-0.3, -0.25) is 4.79 Å². The third-order valence-corrected chi connectivity index (χ3v) is 3.05. The van der Waals surface area contributed by atoms with E-state index in [-0.39, 0.29) is 5.97 Å². The van der Waals surface area contributed by atoms with Crippen LogP contribution in [-0.2, 0) is 14.0 Å². The predicted molar refractivity (Wildman–Crippen MR) is 69.4 cm³/mol. The first-order chi connectivity index (χ1) is 7.74. The highest BCUT2D eigenvalue weighted by Crippen LogP contribution is 2.11. The Labute approximate surface area is 102 Å². The minimum Gasteiger partial charge on any atom is -0.529 e. The Morgan fingerprint density at radius 2 is 1.94 bits per heavy atom. The second kappa shape index (κ2) is 11.1. The summed E-state index contributed by atoms with van der Waals surface area (Å²) in [5, 5.41) is 0. The fourth-order valence-corrected chi connectivity index (χ4v) is 1.84. The molecule has 4 heteroatoms. The van der Waals surface area contributed by atoms with E-state index in [0.717, 1.165) is 25.7 Å². The van der Waals surface area contributed by atoms with Crippen LogP contribution in [0.2, 0.25) is 0 Å². The van der Waals surface area contributed by atoms with Gasteiger partial charge in [-0.1, -0.05) is 33.1 Å². The molecule has 0 saturated heterocycles. The molecule has 0 heterocycles. The van der Waals surface area contributed by atoms with Crippen LogP contribution >= 0.6 is 0 Å².